The van der Waals surface area contributed by atoms with E-state index in [4.69, 9.17) is 4.74 Å². The number of aliphatic imine (C=N–C) groups is 1. The van der Waals surface area contributed by atoms with Gasteiger partial charge in [-0.1, -0.05) is 48.5 Å². The fourth-order valence-electron chi connectivity index (χ4n) is 2.93. The molecule has 2 aromatic carbocycles. The van der Waals surface area contributed by atoms with Gasteiger partial charge in [0.2, 0.25) is 0 Å². The molecular weight excluding hydrogens is 465 g/mol. The Morgan fingerprint density at radius 1 is 1.14 bits per heavy atom. The first-order valence-electron chi connectivity index (χ1n) is 8.84. The number of nitrogens with one attached hydrogen (secondary N) is 2. The standard InChI is InChI=1S/C21H25N5O.HI/c1-22-21(26(2)15-17-11-7-8-12-19(17)27-3)24-14-20-23-13-18(25-20)16-9-5-4-6-10-16;/h4-13H,14-15H2,1-3H3,(H,22,24)(H,23,25);1H. The predicted octanol–water partition coefficient (Wildman–Crippen LogP) is 3.91. The summed E-state index contributed by atoms with van der Waals surface area (Å²) in [6.07, 6.45) is 1.85. The molecular formula is C21H26IN5O. The maximum absolute atomic E-state index is 5.43. The van der Waals surface area contributed by atoms with E-state index in [9.17, 15) is 0 Å². The number of rotatable bonds is 6. The van der Waals surface area contributed by atoms with Gasteiger partial charge in [0.1, 0.15) is 11.6 Å². The van der Waals surface area contributed by atoms with Crippen LogP contribution in [0.3, 0.4) is 0 Å². The minimum absolute atomic E-state index is 0. The third-order valence-electron chi connectivity index (χ3n) is 4.30. The number of H-pyrrole nitrogens is 1. The Morgan fingerprint density at radius 3 is 2.57 bits per heavy atom. The maximum Gasteiger partial charge on any atom is 0.194 e. The molecule has 3 rings (SSSR count). The molecule has 0 aliphatic heterocycles. The second-order valence-electron chi connectivity index (χ2n) is 6.18. The zero-order chi connectivity index (χ0) is 19.1. The minimum atomic E-state index is 0. The van der Waals surface area contributed by atoms with E-state index in [1.54, 1.807) is 14.2 Å². The maximum atomic E-state index is 5.43. The first-order valence-corrected chi connectivity index (χ1v) is 8.84. The molecule has 0 spiro atoms. The van der Waals surface area contributed by atoms with Crippen LogP contribution in [0.1, 0.15) is 11.4 Å². The van der Waals surface area contributed by atoms with Crippen molar-refractivity contribution in [3.05, 3.63) is 72.2 Å². The lowest BCUT2D eigenvalue weighted by Gasteiger charge is -2.22. The SMILES string of the molecule is CN=C(NCc1ncc(-c2ccccc2)[nH]1)N(C)Cc1ccccc1OC.I. The molecule has 0 atom stereocenters. The highest BCUT2D eigenvalue weighted by atomic mass is 127. The van der Waals surface area contributed by atoms with Crippen molar-refractivity contribution in [2.45, 2.75) is 13.1 Å². The van der Waals surface area contributed by atoms with Crippen molar-refractivity contribution in [2.24, 2.45) is 4.99 Å². The van der Waals surface area contributed by atoms with E-state index < -0.39 is 0 Å². The Balaban J connectivity index is 0.00000280. The summed E-state index contributed by atoms with van der Waals surface area (Å²) >= 11 is 0. The Labute approximate surface area is 183 Å². The zero-order valence-electron chi connectivity index (χ0n) is 16.3. The smallest absolute Gasteiger partial charge is 0.194 e. The topological polar surface area (TPSA) is 65.5 Å². The number of imidazole rings is 1. The summed E-state index contributed by atoms with van der Waals surface area (Å²) in [5, 5.41) is 3.35. The molecule has 0 fully saturated rings. The molecule has 0 aliphatic carbocycles. The van der Waals surface area contributed by atoms with Crippen LogP contribution in [-0.4, -0.2) is 42.0 Å². The number of benzene rings is 2. The lowest BCUT2D eigenvalue weighted by molar-refractivity contribution is 0.396. The zero-order valence-corrected chi connectivity index (χ0v) is 18.7. The molecule has 0 bridgehead atoms. The molecule has 0 saturated carbocycles. The molecule has 6 nitrogen and oxygen atoms in total. The fraction of sp³-hybridized carbons (Fsp3) is 0.238. The number of aromatic nitrogens is 2. The first-order chi connectivity index (χ1) is 13.2. The van der Waals surface area contributed by atoms with Crippen molar-refractivity contribution >= 4 is 29.9 Å². The summed E-state index contributed by atoms with van der Waals surface area (Å²) in [5.41, 5.74) is 3.23. The highest BCUT2D eigenvalue weighted by molar-refractivity contribution is 14.0. The normalized spacial score (nSPS) is 10.9. The van der Waals surface area contributed by atoms with Gasteiger partial charge in [-0.05, 0) is 11.6 Å². The Hall–Kier alpha value is -2.55. The molecule has 7 heteroatoms. The van der Waals surface area contributed by atoms with E-state index in [0.29, 0.717) is 13.1 Å². The van der Waals surface area contributed by atoms with Crippen LogP contribution in [0.5, 0.6) is 5.75 Å². The number of hydrogen-bond acceptors (Lipinski definition) is 3. The third-order valence-corrected chi connectivity index (χ3v) is 4.30. The molecule has 0 aliphatic rings. The van der Waals surface area contributed by atoms with Crippen molar-refractivity contribution in [1.29, 1.82) is 0 Å². The van der Waals surface area contributed by atoms with E-state index in [1.165, 1.54) is 0 Å². The van der Waals surface area contributed by atoms with Crippen molar-refractivity contribution in [3.63, 3.8) is 0 Å². The van der Waals surface area contributed by atoms with Crippen LogP contribution < -0.4 is 10.1 Å². The number of halogens is 1. The van der Waals surface area contributed by atoms with E-state index in [2.05, 4.69) is 43.4 Å². The summed E-state index contributed by atoms with van der Waals surface area (Å²) in [4.78, 5) is 14.2. The molecule has 1 aromatic heterocycles. The molecule has 1 heterocycles. The number of ether oxygens (including phenoxy) is 1. The Morgan fingerprint density at radius 2 is 1.86 bits per heavy atom. The summed E-state index contributed by atoms with van der Waals surface area (Å²) in [7, 11) is 5.46. The molecule has 3 aromatic rings. The number of methoxy groups -OCH3 is 1. The summed E-state index contributed by atoms with van der Waals surface area (Å²) in [6, 6.07) is 18.2. The number of nitrogens with zero attached hydrogens (tertiary/aromatic N) is 3. The number of para-hydroxylation sites is 1. The number of hydrogen-bond donors (Lipinski definition) is 2. The van der Waals surface area contributed by atoms with Gasteiger partial charge in [0, 0.05) is 26.2 Å². The molecule has 28 heavy (non-hydrogen) atoms. The van der Waals surface area contributed by atoms with Gasteiger partial charge in [-0.15, -0.1) is 24.0 Å². The summed E-state index contributed by atoms with van der Waals surface area (Å²) in [5.74, 6) is 2.53. The van der Waals surface area contributed by atoms with Crippen LogP contribution in [-0.2, 0) is 13.1 Å². The number of guanidine groups is 1. The molecule has 0 radical (unpaired) electrons. The van der Waals surface area contributed by atoms with Crippen LogP contribution in [0.25, 0.3) is 11.3 Å². The van der Waals surface area contributed by atoms with Gasteiger partial charge in [-0.3, -0.25) is 4.99 Å². The predicted molar refractivity (Wildman–Crippen MR) is 124 cm³/mol. The van der Waals surface area contributed by atoms with Crippen LogP contribution in [0.15, 0.2) is 65.8 Å². The van der Waals surface area contributed by atoms with Gasteiger partial charge in [-0.25, -0.2) is 4.98 Å². The summed E-state index contributed by atoms with van der Waals surface area (Å²) < 4.78 is 5.43. The average Bonchev–Trinajstić information content (AvgIpc) is 3.18. The second kappa shape index (κ2) is 10.7. The van der Waals surface area contributed by atoms with Crippen LogP contribution >= 0.6 is 24.0 Å². The van der Waals surface area contributed by atoms with Crippen LogP contribution in [0.4, 0.5) is 0 Å². The lowest BCUT2D eigenvalue weighted by Crippen LogP contribution is -2.38. The second-order valence-corrected chi connectivity index (χ2v) is 6.18. The van der Waals surface area contributed by atoms with Gasteiger partial charge < -0.3 is 19.9 Å². The molecule has 0 amide bonds. The minimum Gasteiger partial charge on any atom is -0.496 e. The van der Waals surface area contributed by atoms with E-state index in [1.807, 2.05) is 49.6 Å². The lowest BCUT2D eigenvalue weighted by atomic mass is 10.2. The van der Waals surface area contributed by atoms with Crippen LogP contribution in [0, 0.1) is 0 Å². The van der Waals surface area contributed by atoms with Gasteiger partial charge in [-0.2, -0.15) is 0 Å². The average molecular weight is 491 g/mol. The van der Waals surface area contributed by atoms with Gasteiger partial charge in [0.15, 0.2) is 5.96 Å². The van der Waals surface area contributed by atoms with E-state index in [-0.39, 0.29) is 24.0 Å². The number of aromatic amines is 1. The summed E-state index contributed by atoms with van der Waals surface area (Å²) in [6.45, 7) is 1.26. The largest absolute Gasteiger partial charge is 0.496 e. The van der Waals surface area contributed by atoms with Gasteiger partial charge >= 0.3 is 0 Å². The fourth-order valence-corrected chi connectivity index (χ4v) is 2.93. The Bertz CT molecular complexity index is 895. The van der Waals surface area contributed by atoms with Crippen molar-refractivity contribution in [3.8, 4) is 17.0 Å². The van der Waals surface area contributed by atoms with Crippen LogP contribution in [0.2, 0.25) is 0 Å². The molecule has 0 unspecified atom stereocenters. The molecule has 148 valence electrons. The highest BCUT2D eigenvalue weighted by Crippen LogP contribution is 2.19. The highest BCUT2D eigenvalue weighted by Gasteiger charge is 2.11. The van der Waals surface area contributed by atoms with Gasteiger partial charge in [0.05, 0.1) is 25.5 Å². The molecule has 2 N–H and O–H groups in total. The van der Waals surface area contributed by atoms with E-state index >= 15 is 0 Å². The third kappa shape index (κ3) is 5.48. The van der Waals surface area contributed by atoms with Crippen molar-refractivity contribution in [2.75, 3.05) is 21.2 Å². The van der Waals surface area contributed by atoms with Gasteiger partial charge in [0.25, 0.3) is 0 Å². The van der Waals surface area contributed by atoms with Crippen molar-refractivity contribution < 1.29 is 4.74 Å². The first kappa shape index (κ1) is 21.7. The Kier molecular flexibility index (Phi) is 8.31. The quantitative estimate of drug-likeness (QED) is 0.312. The molecule has 0 saturated heterocycles. The van der Waals surface area contributed by atoms with E-state index in [0.717, 1.165) is 34.4 Å². The van der Waals surface area contributed by atoms with Crippen molar-refractivity contribution in [1.82, 2.24) is 20.2 Å². The monoisotopic (exact) mass is 491 g/mol.